The van der Waals surface area contributed by atoms with E-state index in [1.54, 1.807) is 13.8 Å². The van der Waals surface area contributed by atoms with Crippen LogP contribution < -0.4 is 0 Å². The average Bonchev–Trinajstić information content (AvgIpc) is 3.20. The first-order valence-electron chi connectivity index (χ1n) is 12.9. The fourth-order valence-corrected chi connectivity index (χ4v) is 9.88. The van der Waals surface area contributed by atoms with E-state index in [0.717, 1.165) is 31.4 Å². The topological polar surface area (TPSA) is 197 Å². The molecule has 15 nitrogen and oxygen atoms in total. The van der Waals surface area contributed by atoms with Crippen molar-refractivity contribution in [2.75, 3.05) is 27.4 Å². The van der Waals surface area contributed by atoms with E-state index in [9.17, 15) is 40.6 Å². The third kappa shape index (κ3) is 5.54. The van der Waals surface area contributed by atoms with Crippen LogP contribution in [0.2, 0.25) is 0 Å². The molecule has 1 heterocycles. The molecule has 1 aliphatic rings. The van der Waals surface area contributed by atoms with Crippen molar-refractivity contribution in [3.63, 3.8) is 0 Å². The largest absolute Gasteiger partial charge is 0.468 e. The van der Waals surface area contributed by atoms with Crippen molar-refractivity contribution in [3.05, 3.63) is 59.7 Å². The first-order chi connectivity index (χ1) is 20.5. The number of aryl methyl sites for hydroxylation is 2. The Hall–Kier alpha value is -3.63. The number of esters is 2. The summed E-state index contributed by atoms with van der Waals surface area (Å²) in [5.74, 6) is -5.75. The SMILES string of the molecule is CCOP(=O)(OCC)C(C(=O)OC)[C@@]1(C(=O)OC)C(=O)N(S(=O)(=O)c2ccc(C)cc2)C(=O)N1S(=O)(=O)c1ccc(C)cc1. The molecule has 1 unspecified atom stereocenters. The van der Waals surface area contributed by atoms with Crippen LogP contribution >= 0.6 is 7.60 Å². The summed E-state index contributed by atoms with van der Waals surface area (Å²) in [4.78, 5) is 54.6. The van der Waals surface area contributed by atoms with Crippen LogP contribution in [-0.2, 0) is 57.5 Å². The number of ether oxygens (including phenoxy) is 2. The molecule has 0 spiro atoms. The molecule has 1 fully saturated rings. The van der Waals surface area contributed by atoms with Crippen LogP contribution in [0.3, 0.4) is 0 Å². The predicted octanol–water partition coefficient (Wildman–Crippen LogP) is 2.36. The molecule has 18 heteroatoms. The highest BCUT2D eigenvalue weighted by atomic mass is 32.2. The van der Waals surface area contributed by atoms with Gasteiger partial charge in [0.25, 0.3) is 31.5 Å². The van der Waals surface area contributed by atoms with E-state index < -0.39 is 94.3 Å². The molecule has 240 valence electrons. The molecule has 0 aromatic heterocycles. The van der Waals surface area contributed by atoms with Gasteiger partial charge in [-0.2, -0.15) is 4.31 Å². The van der Waals surface area contributed by atoms with E-state index in [1.807, 2.05) is 0 Å². The summed E-state index contributed by atoms with van der Waals surface area (Å²) in [7, 11) is -14.5. The Bertz CT molecular complexity index is 1720. The third-order valence-electron chi connectivity index (χ3n) is 6.55. The molecule has 0 radical (unpaired) electrons. The summed E-state index contributed by atoms with van der Waals surface area (Å²) in [6, 6.07) is 7.31. The lowest BCUT2D eigenvalue weighted by atomic mass is 9.94. The van der Waals surface area contributed by atoms with Crippen molar-refractivity contribution in [1.29, 1.82) is 0 Å². The van der Waals surface area contributed by atoms with Gasteiger partial charge in [0.2, 0.25) is 5.66 Å². The number of amides is 3. The van der Waals surface area contributed by atoms with E-state index in [0.29, 0.717) is 18.2 Å². The number of nitrogens with zero attached hydrogens (tertiary/aromatic N) is 2. The number of carbonyl (C=O) groups is 4. The quantitative estimate of drug-likeness (QED) is 0.138. The van der Waals surface area contributed by atoms with E-state index >= 15 is 0 Å². The smallest absolute Gasteiger partial charge is 0.356 e. The number of urea groups is 1. The molecule has 1 aliphatic heterocycles. The van der Waals surface area contributed by atoms with Gasteiger partial charge in [-0.25, -0.2) is 26.4 Å². The zero-order valence-corrected chi connectivity index (χ0v) is 27.1. The molecular formula is C26H31N2O13PS2. The number of carbonyl (C=O) groups excluding carboxylic acids is 4. The highest BCUT2D eigenvalue weighted by Gasteiger charge is 2.79. The van der Waals surface area contributed by atoms with Crippen LogP contribution in [0.15, 0.2) is 58.3 Å². The summed E-state index contributed by atoms with van der Waals surface area (Å²) in [5.41, 5.74) is -5.56. The predicted molar refractivity (Wildman–Crippen MR) is 152 cm³/mol. The van der Waals surface area contributed by atoms with E-state index in [1.165, 1.54) is 38.1 Å². The van der Waals surface area contributed by atoms with E-state index in [4.69, 9.17) is 18.5 Å². The lowest BCUT2D eigenvalue weighted by Crippen LogP contribution is -2.67. The molecule has 0 saturated carbocycles. The van der Waals surface area contributed by atoms with Gasteiger partial charge >= 0.3 is 25.6 Å². The summed E-state index contributed by atoms with van der Waals surface area (Å²) < 4.78 is 89.6. The normalized spacial score (nSPS) is 18.3. The maximum atomic E-state index is 14.5. The first kappa shape index (κ1) is 34.9. The minimum Gasteiger partial charge on any atom is -0.468 e. The van der Waals surface area contributed by atoms with Crippen LogP contribution in [0.1, 0.15) is 25.0 Å². The molecule has 2 aromatic carbocycles. The maximum absolute atomic E-state index is 14.5. The van der Waals surface area contributed by atoms with Crippen LogP contribution in [-0.4, -0.2) is 88.0 Å². The minimum absolute atomic E-state index is 0.420. The molecule has 0 aliphatic carbocycles. The Kier molecular flexibility index (Phi) is 10.1. The second-order valence-electron chi connectivity index (χ2n) is 9.31. The second-order valence-corrected chi connectivity index (χ2v) is 15.0. The number of benzene rings is 2. The zero-order valence-electron chi connectivity index (χ0n) is 24.6. The zero-order chi connectivity index (χ0) is 33.3. The molecule has 2 aromatic rings. The van der Waals surface area contributed by atoms with E-state index in [2.05, 4.69) is 0 Å². The van der Waals surface area contributed by atoms with Gasteiger partial charge in [0.1, 0.15) is 0 Å². The third-order valence-corrected chi connectivity index (χ3v) is 12.5. The fraction of sp³-hybridized carbons (Fsp3) is 0.385. The maximum Gasteiger partial charge on any atom is 0.356 e. The molecule has 3 amide bonds. The molecular weight excluding hydrogens is 643 g/mol. The van der Waals surface area contributed by atoms with E-state index in [-0.39, 0.29) is 0 Å². The van der Waals surface area contributed by atoms with Crippen molar-refractivity contribution < 1.29 is 59.1 Å². The molecule has 44 heavy (non-hydrogen) atoms. The Morgan fingerprint density at radius 1 is 0.795 bits per heavy atom. The number of sulfonamides is 2. The molecule has 3 rings (SSSR count). The lowest BCUT2D eigenvalue weighted by Gasteiger charge is -2.38. The first-order valence-corrected chi connectivity index (χ1v) is 17.4. The van der Waals surface area contributed by atoms with Gasteiger partial charge < -0.3 is 18.5 Å². The van der Waals surface area contributed by atoms with Gasteiger partial charge in [-0.1, -0.05) is 35.4 Å². The van der Waals surface area contributed by atoms with Crippen LogP contribution in [0, 0.1) is 13.8 Å². The lowest BCUT2D eigenvalue weighted by molar-refractivity contribution is -0.161. The number of methoxy groups -OCH3 is 2. The van der Waals surface area contributed by atoms with Gasteiger partial charge in [-0.05, 0) is 52.0 Å². The number of hydrogen-bond acceptors (Lipinski definition) is 13. The number of hydrogen-bond donors (Lipinski definition) is 0. The van der Waals surface area contributed by atoms with Crippen LogP contribution in [0.5, 0.6) is 0 Å². The van der Waals surface area contributed by atoms with Crippen molar-refractivity contribution in [2.24, 2.45) is 0 Å². The molecule has 1 saturated heterocycles. The van der Waals surface area contributed by atoms with Crippen molar-refractivity contribution in [2.45, 2.75) is 48.7 Å². The van der Waals surface area contributed by atoms with Crippen molar-refractivity contribution >= 4 is 51.5 Å². The number of imide groups is 1. The molecule has 0 bridgehead atoms. The Labute approximate surface area is 254 Å². The highest BCUT2D eigenvalue weighted by Crippen LogP contribution is 2.60. The number of rotatable bonds is 12. The van der Waals surface area contributed by atoms with Gasteiger partial charge in [0.15, 0.2) is 0 Å². The monoisotopic (exact) mass is 674 g/mol. The molecule has 2 atom stereocenters. The summed E-state index contributed by atoms with van der Waals surface area (Å²) in [6.07, 6.45) is 0. The minimum atomic E-state index is -5.44. The van der Waals surface area contributed by atoms with Gasteiger partial charge in [-0.15, -0.1) is 4.31 Å². The van der Waals surface area contributed by atoms with Gasteiger partial charge in [0.05, 0.1) is 37.2 Å². The van der Waals surface area contributed by atoms with Gasteiger partial charge in [-0.3, -0.25) is 14.2 Å². The summed E-state index contributed by atoms with van der Waals surface area (Å²) in [6.45, 7) is 4.91. The van der Waals surface area contributed by atoms with Crippen molar-refractivity contribution in [3.8, 4) is 0 Å². The summed E-state index contributed by atoms with van der Waals surface area (Å²) >= 11 is 0. The average molecular weight is 675 g/mol. The van der Waals surface area contributed by atoms with Crippen LogP contribution in [0.4, 0.5) is 4.79 Å². The highest BCUT2D eigenvalue weighted by molar-refractivity contribution is 7.91. The fourth-order valence-electron chi connectivity index (χ4n) is 4.55. The molecule has 0 N–H and O–H groups in total. The Balaban J connectivity index is 2.58. The second kappa shape index (κ2) is 12.8. The summed E-state index contributed by atoms with van der Waals surface area (Å²) in [5, 5.41) is 0. The standard InChI is InChI=1S/C26H31N2O13PS2/c1-7-40-42(33,41-8-2)21(22(29)38-5)26(24(31)39-6)23(30)27(43(34,35)19-13-9-17(3)10-14-19)25(32)28(26)44(36,37)20-15-11-18(4)12-16-20/h9-16,21H,7-8H2,1-6H3/t21?,26-/m0/s1. The van der Waals surface area contributed by atoms with Gasteiger partial charge in [0, 0.05) is 0 Å². The van der Waals surface area contributed by atoms with Crippen molar-refractivity contribution in [1.82, 2.24) is 8.61 Å². The Morgan fingerprint density at radius 3 is 1.61 bits per heavy atom. The van der Waals surface area contributed by atoms with Crippen LogP contribution in [0.25, 0.3) is 0 Å². The Morgan fingerprint density at radius 2 is 1.23 bits per heavy atom.